The van der Waals surface area contributed by atoms with Crippen molar-refractivity contribution < 1.29 is 29.3 Å². The van der Waals surface area contributed by atoms with Crippen molar-refractivity contribution in [2.45, 2.75) is 12.8 Å². The first-order chi connectivity index (χ1) is 8.06. The van der Waals surface area contributed by atoms with Gasteiger partial charge in [-0.3, -0.25) is 9.59 Å². The second kappa shape index (κ2) is 4.32. The minimum Gasteiger partial charge on any atom is -0.481 e. The van der Waals surface area contributed by atoms with Crippen LogP contribution in [-0.4, -0.2) is 28.9 Å². The van der Waals surface area contributed by atoms with E-state index in [-0.39, 0.29) is 19.6 Å². The second-order valence-corrected chi connectivity index (χ2v) is 3.62. The van der Waals surface area contributed by atoms with E-state index in [0.717, 1.165) is 0 Å². The monoisotopic (exact) mass is 238 g/mol. The Kier molecular flexibility index (Phi) is 2.86. The maximum atomic E-state index is 10.7. The summed E-state index contributed by atoms with van der Waals surface area (Å²) < 4.78 is 10.2. The van der Waals surface area contributed by atoms with Crippen LogP contribution in [0.15, 0.2) is 12.1 Å². The molecule has 1 aliphatic rings. The average Bonchev–Trinajstić information content (AvgIpc) is 2.63. The molecule has 6 nitrogen and oxygen atoms in total. The fourth-order valence-electron chi connectivity index (χ4n) is 1.68. The molecule has 17 heavy (non-hydrogen) atoms. The van der Waals surface area contributed by atoms with Gasteiger partial charge in [-0.2, -0.15) is 0 Å². The van der Waals surface area contributed by atoms with E-state index in [4.69, 9.17) is 19.7 Å². The highest BCUT2D eigenvalue weighted by Crippen LogP contribution is 2.35. The summed E-state index contributed by atoms with van der Waals surface area (Å²) in [4.78, 5) is 21.4. The van der Waals surface area contributed by atoms with Gasteiger partial charge in [-0.15, -0.1) is 0 Å². The van der Waals surface area contributed by atoms with E-state index in [9.17, 15) is 9.59 Å². The number of aliphatic carboxylic acids is 2. The normalized spacial score (nSPS) is 12.5. The number of benzene rings is 1. The van der Waals surface area contributed by atoms with Gasteiger partial charge in [0.15, 0.2) is 11.5 Å². The van der Waals surface area contributed by atoms with Crippen molar-refractivity contribution in [2.24, 2.45) is 0 Å². The highest BCUT2D eigenvalue weighted by atomic mass is 16.7. The van der Waals surface area contributed by atoms with Gasteiger partial charge in [-0.05, 0) is 23.3 Å². The average molecular weight is 238 g/mol. The lowest BCUT2D eigenvalue weighted by Crippen LogP contribution is -2.07. The molecule has 0 aromatic heterocycles. The van der Waals surface area contributed by atoms with Crippen molar-refractivity contribution in [3.8, 4) is 11.5 Å². The molecule has 0 saturated carbocycles. The zero-order valence-electron chi connectivity index (χ0n) is 8.80. The Labute approximate surface area is 96.4 Å². The molecule has 1 aromatic rings. The molecule has 1 aromatic carbocycles. The summed E-state index contributed by atoms with van der Waals surface area (Å²) in [5, 5.41) is 17.5. The summed E-state index contributed by atoms with van der Waals surface area (Å²) in [6.45, 7) is 0.0678. The zero-order chi connectivity index (χ0) is 12.4. The van der Waals surface area contributed by atoms with Gasteiger partial charge in [0.2, 0.25) is 6.79 Å². The molecule has 0 spiro atoms. The Morgan fingerprint density at radius 3 is 1.76 bits per heavy atom. The van der Waals surface area contributed by atoms with E-state index in [2.05, 4.69) is 0 Å². The largest absolute Gasteiger partial charge is 0.481 e. The van der Waals surface area contributed by atoms with Crippen LogP contribution < -0.4 is 9.47 Å². The second-order valence-electron chi connectivity index (χ2n) is 3.62. The number of fused-ring (bicyclic) bond motifs is 1. The first-order valence-electron chi connectivity index (χ1n) is 4.91. The number of ether oxygens (including phenoxy) is 2. The molecule has 1 aliphatic heterocycles. The minimum atomic E-state index is -1.02. The van der Waals surface area contributed by atoms with Crippen LogP contribution in [0.3, 0.4) is 0 Å². The molecule has 0 bridgehead atoms. The van der Waals surface area contributed by atoms with Crippen LogP contribution in [0, 0.1) is 0 Å². The molecule has 0 fully saturated rings. The van der Waals surface area contributed by atoms with E-state index >= 15 is 0 Å². The van der Waals surface area contributed by atoms with Crippen molar-refractivity contribution in [1.82, 2.24) is 0 Å². The highest BCUT2D eigenvalue weighted by Gasteiger charge is 2.19. The number of hydrogen-bond donors (Lipinski definition) is 2. The van der Waals surface area contributed by atoms with Crippen molar-refractivity contribution in [3.63, 3.8) is 0 Å². The molecule has 0 radical (unpaired) electrons. The van der Waals surface area contributed by atoms with Crippen LogP contribution >= 0.6 is 0 Å². The zero-order valence-corrected chi connectivity index (χ0v) is 8.80. The first kappa shape index (κ1) is 11.3. The molecule has 90 valence electrons. The van der Waals surface area contributed by atoms with E-state index in [1.54, 1.807) is 0 Å². The van der Waals surface area contributed by atoms with E-state index in [1.807, 2.05) is 0 Å². The number of hydrogen-bond acceptors (Lipinski definition) is 4. The standard InChI is InChI=1S/C11H10O6/c12-10(13)3-6-1-8-9(17-5-16-8)2-7(6)4-11(14)15/h1-2H,3-5H2,(H,12,13)(H,14,15). The van der Waals surface area contributed by atoms with Gasteiger partial charge in [-0.25, -0.2) is 0 Å². The molecule has 6 heteroatoms. The lowest BCUT2D eigenvalue weighted by molar-refractivity contribution is -0.137. The predicted octanol–water partition coefficient (Wildman–Crippen LogP) is 0.670. The molecule has 0 saturated heterocycles. The Bertz CT molecular complexity index is 436. The maximum absolute atomic E-state index is 10.7. The molecule has 0 atom stereocenters. The van der Waals surface area contributed by atoms with Crippen LogP contribution in [0.1, 0.15) is 11.1 Å². The topological polar surface area (TPSA) is 93.1 Å². The van der Waals surface area contributed by atoms with Gasteiger partial charge in [-0.1, -0.05) is 0 Å². The lowest BCUT2D eigenvalue weighted by atomic mass is 10.0. The van der Waals surface area contributed by atoms with Crippen LogP contribution in [-0.2, 0) is 22.4 Å². The van der Waals surface area contributed by atoms with Crippen LogP contribution in [0.25, 0.3) is 0 Å². The van der Waals surface area contributed by atoms with Crippen molar-refractivity contribution >= 4 is 11.9 Å². The van der Waals surface area contributed by atoms with Gasteiger partial charge in [0.1, 0.15) is 0 Å². The minimum absolute atomic E-state index is 0.0678. The third-order valence-corrected chi connectivity index (χ3v) is 2.38. The first-order valence-corrected chi connectivity index (χ1v) is 4.91. The summed E-state index contributed by atoms with van der Waals surface area (Å²) >= 11 is 0. The molecule has 2 N–H and O–H groups in total. The highest BCUT2D eigenvalue weighted by molar-refractivity contribution is 5.75. The van der Waals surface area contributed by atoms with E-state index in [1.165, 1.54) is 12.1 Å². The van der Waals surface area contributed by atoms with Crippen LogP contribution in [0.2, 0.25) is 0 Å². The maximum Gasteiger partial charge on any atom is 0.307 e. The molecular formula is C11H10O6. The quantitative estimate of drug-likeness (QED) is 0.800. The number of carboxylic acid groups (broad SMARTS) is 2. The fraction of sp³-hybridized carbons (Fsp3) is 0.273. The summed E-state index contributed by atoms with van der Waals surface area (Å²) in [7, 11) is 0. The summed E-state index contributed by atoms with van der Waals surface area (Å²) in [5.74, 6) is -1.13. The Morgan fingerprint density at radius 2 is 1.41 bits per heavy atom. The van der Waals surface area contributed by atoms with E-state index < -0.39 is 11.9 Å². The summed E-state index contributed by atoms with van der Waals surface area (Å²) in [5.41, 5.74) is 0.869. The van der Waals surface area contributed by atoms with Crippen molar-refractivity contribution in [2.75, 3.05) is 6.79 Å². The fourth-order valence-corrected chi connectivity index (χ4v) is 1.68. The van der Waals surface area contributed by atoms with Gasteiger partial charge in [0.05, 0.1) is 12.8 Å². The molecular weight excluding hydrogens is 228 g/mol. The Hall–Kier alpha value is -2.24. The van der Waals surface area contributed by atoms with Gasteiger partial charge >= 0.3 is 11.9 Å². The predicted molar refractivity (Wildman–Crippen MR) is 55.2 cm³/mol. The smallest absolute Gasteiger partial charge is 0.307 e. The molecule has 0 unspecified atom stereocenters. The summed E-state index contributed by atoms with van der Waals surface area (Å²) in [6.07, 6.45) is -0.474. The van der Waals surface area contributed by atoms with E-state index in [0.29, 0.717) is 22.6 Å². The molecule has 2 rings (SSSR count). The molecule has 1 heterocycles. The molecule has 0 amide bonds. The van der Waals surface area contributed by atoms with Gasteiger partial charge in [0.25, 0.3) is 0 Å². The molecule has 0 aliphatic carbocycles. The number of carboxylic acids is 2. The van der Waals surface area contributed by atoms with Gasteiger partial charge in [0, 0.05) is 0 Å². The van der Waals surface area contributed by atoms with Crippen LogP contribution in [0.4, 0.5) is 0 Å². The van der Waals surface area contributed by atoms with Crippen molar-refractivity contribution in [3.05, 3.63) is 23.3 Å². The SMILES string of the molecule is O=C(O)Cc1cc2c(cc1CC(=O)O)OCO2. The third kappa shape index (κ3) is 2.47. The van der Waals surface area contributed by atoms with Crippen molar-refractivity contribution in [1.29, 1.82) is 0 Å². The number of carbonyl (C=O) groups is 2. The summed E-state index contributed by atoms with van der Waals surface area (Å²) in [6, 6.07) is 3.05. The Morgan fingerprint density at radius 1 is 1.00 bits per heavy atom. The lowest BCUT2D eigenvalue weighted by Gasteiger charge is -2.07. The Balaban J connectivity index is 2.39. The van der Waals surface area contributed by atoms with Crippen LogP contribution in [0.5, 0.6) is 11.5 Å². The van der Waals surface area contributed by atoms with Gasteiger partial charge < -0.3 is 19.7 Å². The third-order valence-electron chi connectivity index (χ3n) is 2.38. The number of rotatable bonds is 4.